The normalized spacial score (nSPS) is 12.0. The summed E-state index contributed by atoms with van der Waals surface area (Å²) in [4.78, 5) is 10.8. The van der Waals surface area contributed by atoms with E-state index in [1.807, 2.05) is 30.3 Å². The predicted octanol–water partition coefficient (Wildman–Crippen LogP) is 1.35. The van der Waals surface area contributed by atoms with Crippen LogP contribution in [0, 0.1) is 0 Å². The minimum absolute atomic E-state index is 0.156. The van der Waals surface area contributed by atoms with Crippen LogP contribution in [0.1, 0.15) is 16.7 Å². The van der Waals surface area contributed by atoms with E-state index in [-0.39, 0.29) is 12.0 Å². The highest BCUT2D eigenvalue weighted by atomic mass is 16.4. The summed E-state index contributed by atoms with van der Waals surface area (Å²) in [6.07, 6.45) is 0.173. The van der Waals surface area contributed by atoms with Crippen molar-refractivity contribution in [3.05, 3.63) is 53.1 Å². The lowest BCUT2D eigenvalue weighted by Crippen LogP contribution is -2.32. The number of phenolic OH excluding ortho intramolecular Hbond substituents is 3. The number of phenols is 3. The first-order chi connectivity index (χ1) is 10.4. The lowest BCUT2D eigenvalue weighted by Gasteiger charge is -2.14. The van der Waals surface area contributed by atoms with Crippen molar-refractivity contribution in [1.82, 2.24) is 0 Å². The Bertz CT molecular complexity index is 685. The van der Waals surface area contributed by atoms with Crippen LogP contribution in [0.2, 0.25) is 0 Å². The van der Waals surface area contributed by atoms with Crippen molar-refractivity contribution in [3.8, 4) is 17.2 Å². The topological polar surface area (TPSA) is 124 Å². The monoisotopic (exact) mass is 303 g/mol. The maximum atomic E-state index is 10.8. The Balaban J connectivity index is 2.38. The SMILES string of the molecule is NC(Cc1cc(Cc2ccccc2)c(O)c(O)c1O)C(=O)O. The fourth-order valence-corrected chi connectivity index (χ4v) is 2.19. The standard InChI is InChI=1S/C16H17NO5/c17-12(16(21)22)8-11-7-10(13(18)15(20)14(11)19)6-9-4-2-1-3-5-9/h1-5,7,12,18-20H,6,8,17H2,(H,21,22). The fraction of sp³-hybridized carbons (Fsp3) is 0.188. The number of carbonyl (C=O) groups is 1. The zero-order valence-corrected chi connectivity index (χ0v) is 11.7. The van der Waals surface area contributed by atoms with Crippen LogP contribution in [-0.4, -0.2) is 32.4 Å². The predicted molar refractivity (Wildman–Crippen MR) is 80.0 cm³/mol. The Labute approximate surface area is 127 Å². The lowest BCUT2D eigenvalue weighted by molar-refractivity contribution is -0.138. The number of aromatic hydroxyl groups is 3. The number of carboxylic acid groups (broad SMARTS) is 1. The van der Waals surface area contributed by atoms with Gasteiger partial charge in [-0.3, -0.25) is 4.79 Å². The molecule has 2 aromatic rings. The summed E-state index contributed by atoms with van der Waals surface area (Å²) in [6, 6.07) is 9.49. The number of carboxylic acids is 1. The van der Waals surface area contributed by atoms with Crippen LogP contribution in [0.4, 0.5) is 0 Å². The molecule has 0 saturated carbocycles. The third-order valence-corrected chi connectivity index (χ3v) is 3.40. The van der Waals surface area contributed by atoms with E-state index in [4.69, 9.17) is 10.8 Å². The molecule has 1 atom stereocenters. The van der Waals surface area contributed by atoms with Crippen molar-refractivity contribution in [2.24, 2.45) is 5.73 Å². The molecule has 0 aliphatic carbocycles. The summed E-state index contributed by atoms with van der Waals surface area (Å²) in [5, 5.41) is 38.4. The molecule has 2 aromatic carbocycles. The summed E-state index contributed by atoms with van der Waals surface area (Å²) >= 11 is 0. The Morgan fingerprint density at radius 1 is 1.00 bits per heavy atom. The smallest absolute Gasteiger partial charge is 0.320 e. The molecule has 0 heterocycles. The van der Waals surface area contributed by atoms with E-state index in [9.17, 15) is 20.1 Å². The third-order valence-electron chi connectivity index (χ3n) is 3.40. The van der Waals surface area contributed by atoms with Gasteiger partial charge in [-0.15, -0.1) is 0 Å². The number of rotatable bonds is 5. The number of aliphatic carboxylic acids is 1. The highest BCUT2D eigenvalue weighted by Crippen LogP contribution is 2.41. The van der Waals surface area contributed by atoms with Gasteiger partial charge in [-0.2, -0.15) is 0 Å². The van der Waals surface area contributed by atoms with Gasteiger partial charge in [-0.25, -0.2) is 0 Å². The van der Waals surface area contributed by atoms with Crippen molar-refractivity contribution >= 4 is 5.97 Å². The van der Waals surface area contributed by atoms with Gasteiger partial charge in [0.15, 0.2) is 11.5 Å². The molecule has 0 saturated heterocycles. The molecular weight excluding hydrogens is 286 g/mol. The van der Waals surface area contributed by atoms with Crippen molar-refractivity contribution in [2.45, 2.75) is 18.9 Å². The lowest BCUT2D eigenvalue weighted by atomic mass is 9.97. The zero-order valence-electron chi connectivity index (χ0n) is 11.7. The third kappa shape index (κ3) is 3.29. The van der Waals surface area contributed by atoms with E-state index in [0.717, 1.165) is 5.56 Å². The van der Waals surface area contributed by atoms with Crippen LogP contribution in [0.25, 0.3) is 0 Å². The Morgan fingerprint density at radius 3 is 2.18 bits per heavy atom. The highest BCUT2D eigenvalue weighted by molar-refractivity contribution is 5.74. The first-order valence-corrected chi connectivity index (χ1v) is 6.68. The molecule has 6 N–H and O–H groups in total. The van der Waals surface area contributed by atoms with Gasteiger partial charge in [-0.05, 0) is 11.6 Å². The highest BCUT2D eigenvalue weighted by Gasteiger charge is 2.21. The maximum absolute atomic E-state index is 10.8. The first kappa shape index (κ1) is 15.7. The van der Waals surface area contributed by atoms with E-state index in [1.54, 1.807) is 0 Å². The summed E-state index contributed by atoms with van der Waals surface area (Å²) in [6.45, 7) is 0. The molecule has 0 radical (unpaired) electrons. The average molecular weight is 303 g/mol. The molecule has 0 fully saturated rings. The van der Waals surface area contributed by atoms with Gasteiger partial charge in [0.1, 0.15) is 6.04 Å². The summed E-state index contributed by atoms with van der Waals surface area (Å²) in [5.41, 5.74) is 6.91. The summed E-state index contributed by atoms with van der Waals surface area (Å²) < 4.78 is 0. The number of hydrogen-bond acceptors (Lipinski definition) is 5. The first-order valence-electron chi connectivity index (χ1n) is 6.68. The van der Waals surface area contributed by atoms with Crippen LogP contribution < -0.4 is 5.73 Å². The average Bonchev–Trinajstić information content (AvgIpc) is 2.50. The molecule has 116 valence electrons. The van der Waals surface area contributed by atoms with E-state index < -0.39 is 29.3 Å². The van der Waals surface area contributed by atoms with Crippen molar-refractivity contribution in [1.29, 1.82) is 0 Å². The number of benzene rings is 2. The minimum Gasteiger partial charge on any atom is -0.504 e. The van der Waals surface area contributed by atoms with Crippen LogP contribution in [0.3, 0.4) is 0 Å². The van der Waals surface area contributed by atoms with Crippen LogP contribution >= 0.6 is 0 Å². The number of nitrogens with two attached hydrogens (primary N) is 1. The van der Waals surface area contributed by atoms with Gasteiger partial charge in [0.2, 0.25) is 5.75 Å². The molecule has 0 aliphatic rings. The quantitative estimate of drug-likeness (QED) is 0.531. The molecule has 0 aliphatic heterocycles. The Hall–Kier alpha value is -2.73. The summed E-state index contributed by atoms with van der Waals surface area (Å²) in [5.74, 6) is -2.85. The molecule has 6 heteroatoms. The zero-order chi connectivity index (χ0) is 16.3. The fourth-order valence-electron chi connectivity index (χ4n) is 2.19. The van der Waals surface area contributed by atoms with Crippen LogP contribution in [0.5, 0.6) is 17.2 Å². The molecule has 22 heavy (non-hydrogen) atoms. The molecule has 1 unspecified atom stereocenters. The van der Waals surface area contributed by atoms with Gasteiger partial charge in [0.25, 0.3) is 0 Å². The van der Waals surface area contributed by atoms with Gasteiger partial charge in [0.05, 0.1) is 0 Å². The van der Waals surface area contributed by atoms with Gasteiger partial charge in [-0.1, -0.05) is 30.3 Å². The van der Waals surface area contributed by atoms with Crippen molar-refractivity contribution in [2.75, 3.05) is 0 Å². The van der Waals surface area contributed by atoms with E-state index in [2.05, 4.69) is 0 Å². The summed E-state index contributed by atoms with van der Waals surface area (Å²) in [7, 11) is 0. The van der Waals surface area contributed by atoms with E-state index >= 15 is 0 Å². The molecule has 0 aromatic heterocycles. The molecule has 6 nitrogen and oxygen atoms in total. The second kappa shape index (κ2) is 6.36. The van der Waals surface area contributed by atoms with Crippen molar-refractivity contribution in [3.63, 3.8) is 0 Å². The van der Waals surface area contributed by atoms with E-state index in [0.29, 0.717) is 12.0 Å². The van der Waals surface area contributed by atoms with Crippen LogP contribution in [-0.2, 0) is 17.6 Å². The largest absolute Gasteiger partial charge is 0.504 e. The number of hydrogen-bond donors (Lipinski definition) is 5. The van der Waals surface area contributed by atoms with Gasteiger partial charge in [0, 0.05) is 24.0 Å². The molecule has 0 amide bonds. The van der Waals surface area contributed by atoms with Gasteiger partial charge < -0.3 is 26.2 Å². The van der Waals surface area contributed by atoms with Crippen molar-refractivity contribution < 1.29 is 25.2 Å². The maximum Gasteiger partial charge on any atom is 0.320 e. The Morgan fingerprint density at radius 2 is 1.59 bits per heavy atom. The molecule has 0 bridgehead atoms. The molecule has 0 spiro atoms. The second-order valence-corrected chi connectivity index (χ2v) is 5.05. The van der Waals surface area contributed by atoms with Gasteiger partial charge >= 0.3 is 5.97 Å². The Kier molecular flexibility index (Phi) is 4.53. The van der Waals surface area contributed by atoms with Crippen LogP contribution in [0.15, 0.2) is 36.4 Å². The molecule has 2 rings (SSSR count). The second-order valence-electron chi connectivity index (χ2n) is 5.05. The van der Waals surface area contributed by atoms with E-state index in [1.165, 1.54) is 6.07 Å². The molecular formula is C16H17NO5. The minimum atomic E-state index is -1.21.